The first-order chi connectivity index (χ1) is 12.9. The number of rotatable bonds is 7. The Kier molecular flexibility index (Phi) is 6.37. The molecule has 1 aromatic heterocycles. The minimum Gasteiger partial charge on any atom is -0.482 e. The number of nitrogens with zero attached hydrogens (tertiary/aromatic N) is 1. The molecule has 0 saturated carbocycles. The molecule has 0 fully saturated rings. The molecule has 8 nitrogen and oxygen atoms in total. The van der Waals surface area contributed by atoms with Crippen molar-refractivity contribution in [3.05, 3.63) is 46.6 Å². The lowest BCUT2D eigenvalue weighted by Crippen LogP contribution is -2.30. The van der Waals surface area contributed by atoms with Crippen LogP contribution in [0, 0.1) is 6.92 Å². The molecule has 1 heterocycles. The van der Waals surface area contributed by atoms with Crippen LogP contribution in [0.5, 0.6) is 5.75 Å². The number of aryl methyl sites for hydroxylation is 1. The van der Waals surface area contributed by atoms with Gasteiger partial charge in [-0.1, -0.05) is 11.6 Å². The molecule has 0 unspecified atom stereocenters. The largest absolute Gasteiger partial charge is 0.482 e. The predicted molar refractivity (Wildman–Crippen MR) is 92.5 cm³/mol. The molecule has 152 valence electrons. The summed E-state index contributed by atoms with van der Waals surface area (Å²) in [6, 6.07) is 4.26. The van der Waals surface area contributed by atoms with Gasteiger partial charge in [0.2, 0.25) is 0 Å². The van der Waals surface area contributed by atoms with Crippen LogP contribution in [0.1, 0.15) is 11.1 Å². The van der Waals surface area contributed by atoms with Gasteiger partial charge in [-0.3, -0.25) is 5.43 Å². The monoisotopic (exact) mass is 439 g/mol. The van der Waals surface area contributed by atoms with Crippen molar-refractivity contribution in [1.29, 1.82) is 0 Å². The number of carboxylic acid groups (broad SMARTS) is 1. The zero-order chi connectivity index (χ0) is 21.1. The Bertz CT molecular complexity index is 999. The van der Waals surface area contributed by atoms with Gasteiger partial charge in [0.15, 0.2) is 12.4 Å². The van der Waals surface area contributed by atoms with Crippen LogP contribution in [-0.4, -0.2) is 31.1 Å². The summed E-state index contributed by atoms with van der Waals surface area (Å²) in [5.41, 5.74) is 1.42. The predicted octanol–water partition coefficient (Wildman–Crippen LogP) is 2.83. The second-order valence-corrected chi connectivity index (χ2v) is 7.48. The summed E-state index contributed by atoms with van der Waals surface area (Å²) in [4.78, 5) is 15.7. The molecule has 28 heavy (non-hydrogen) atoms. The van der Waals surface area contributed by atoms with Crippen molar-refractivity contribution in [2.45, 2.75) is 18.0 Å². The summed E-state index contributed by atoms with van der Waals surface area (Å²) in [5, 5.41) is 8.15. The van der Waals surface area contributed by atoms with E-state index in [1.165, 1.54) is 19.1 Å². The fourth-order valence-electron chi connectivity index (χ4n) is 1.95. The third-order valence-corrected chi connectivity index (χ3v) is 4.81. The molecule has 1 aromatic carbocycles. The summed E-state index contributed by atoms with van der Waals surface area (Å²) < 4.78 is 67.4. The Morgan fingerprint density at radius 3 is 2.54 bits per heavy atom. The normalized spacial score (nSPS) is 11.9. The summed E-state index contributed by atoms with van der Waals surface area (Å²) in [6.07, 6.45) is -4.14. The molecule has 0 bridgehead atoms. The van der Waals surface area contributed by atoms with Crippen molar-refractivity contribution in [3.63, 3.8) is 0 Å². The first kappa shape index (κ1) is 21.7. The second-order valence-electron chi connectivity index (χ2n) is 5.39. The average Bonchev–Trinajstić information content (AvgIpc) is 2.58. The van der Waals surface area contributed by atoms with Crippen molar-refractivity contribution >= 4 is 33.4 Å². The smallest absolute Gasteiger partial charge is 0.417 e. The zero-order valence-corrected chi connectivity index (χ0v) is 15.6. The van der Waals surface area contributed by atoms with E-state index in [9.17, 15) is 26.4 Å². The van der Waals surface area contributed by atoms with Crippen LogP contribution >= 0.6 is 11.6 Å². The van der Waals surface area contributed by atoms with Gasteiger partial charge in [0.05, 0.1) is 15.5 Å². The Morgan fingerprint density at radius 1 is 1.32 bits per heavy atom. The number of aliphatic carboxylic acids is 1. The van der Waals surface area contributed by atoms with Gasteiger partial charge >= 0.3 is 12.1 Å². The first-order valence-electron chi connectivity index (χ1n) is 7.36. The number of hydrogen-bond acceptors (Lipinski definition) is 6. The molecule has 0 aliphatic rings. The Balaban J connectivity index is 2.14. The highest BCUT2D eigenvalue weighted by molar-refractivity contribution is 7.89. The lowest BCUT2D eigenvalue weighted by Gasteiger charge is -2.13. The number of hydrogen-bond donors (Lipinski definition) is 3. The maximum Gasteiger partial charge on any atom is 0.417 e. The number of nitrogens with one attached hydrogen (secondary N) is 2. The number of pyridine rings is 1. The number of anilines is 1. The number of sulfonamides is 1. The highest BCUT2D eigenvalue weighted by atomic mass is 35.5. The molecular formula is C15H13ClF3N3O5S. The quantitative estimate of drug-likeness (QED) is 0.568. The van der Waals surface area contributed by atoms with Gasteiger partial charge in [-0.2, -0.15) is 13.2 Å². The highest BCUT2D eigenvalue weighted by Crippen LogP contribution is 2.32. The molecule has 0 radical (unpaired) electrons. The Labute approximate surface area is 162 Å². The summed E-state index contributed by atoms with van der Waals surface area (Å²) in [5.74, 6) is -1.33. The minimum atomic E-state index is -4.64. The summed E-state index contributed by atoms with van der Waals surface area (Å²) in [6.45, 7) is 0.919. The second kappa shape index (κ2) is 8.20. The van der Waals surface area contributed by atoms with E-state index < -0.39 is 39.4 Å². The SMILES string of the molecule is Cc1cc(S(=O)(=O)NNc2ncc(C(F)(F)F)cc2Cl)ccc1OCC(=O)O. The van der Waals surface area contributed by atoms with Gasteiger partial charge < -0.3 is 9.84 Å². The standard InChI is InChI=1S/C15H13ClF3N3O5S/c1-8-4-10(2-3-12(8)27-7-13(23)24)28(25,26)22-21-14-11(16)5-9(6-20-14)15(17,18)19/h2-6,22H,7H2,1H3,(H,20,21)(H,23,24). The van der Waals surface area contributed by atoms with Gasteiger partial charge in [-0.25, -0.2) is 18.2 Å². The Hall–Kier alpha value is -2.57. The minimum absolute atomic E-state index is 0.182. The van der Waals surface area contributed by atoms with Crippen molar-refractivity contribution in [2.75, 3.05) is 12.0 Å². The molecule has 2 rings (SSSR count). The molecule has 3 N–H and O–H groups in total. The van der Waals surface area contributed by atoms with Crippen LogP contribution in [-0.2, 0) is 21.0 Å². The lowest BCUT2D eigenvalue weighted by atomic mass is 10.2. The number of ether oxygens (including phenoxy) is 1. The summed E-state index contributed by atoms with van der Waals surface area (Å²) >= 11 is 5.69. The maximum atomic E-state index is 12.6. The van der Waals surface area contributed by atoms with E-state index in [0.29, 0.717) is 17.8 Å². The van der Waals surface area contributed by atoms with E-state index in [2.05, 4.69) is 10.4 Å². The fourth-order valence-corrected chi connectivity index (χ4v) is 3.09. The van der Waals surface area contributed by atoms with Crippen LogP contribution in [0.4, 0.5) is 19.0 Å². The number of alkyl halides is 3. The number of hydrazine groups is 1. The zero-order valence-electron chi connectivity index (χ0n) is 14.0. The van der Waals surface area contributed by atoms with Gasteiger partial charge in [-0.05, 0) is 36.8 Å². The van der Waals surface area contributed by atoms with Gasteiger partial charge in [0.25, 0.3) is 10.0 Å². The molecule has 13 heteroatoms. The van der Waals surface area contributed by atoms with Crippen LogP contribution in [0.25, 0.3) is 0 Å². The number of carboxylic acids is 1. The molecule has 0 spiro atoms. The van der Waals surface area contributed by atoms with Crippen molar-refractivity contribution in [3.8, 4) is 5.75 Å². The number of carbonyl (C=O) groups is 1. The molecule has 2 aromatic rings. The molecule has 0 atom stereocenters. The van der Waals surface area contributed by atoms with E-state index in [1.54, 1.807) is 0 Å². The molecule has 0 aliphatic carbocycles. The molecule has 0 aliphatic heterocycles. The summed E-state index contributed by atoms with van der Waals surface area (Å²) in [7, 11) is -4.14. The van der Waals surface area contributed by atoms with E-state index in [1.807, 2.05) is 4.83 Å². The van der Waals surface area contributed by atoms with E-state index in [0.717, 1.165) is 6.07 Å². The van der Waals surface area contributed by atoms with Crippen LogP contribution in [0.2, 0.25) is 5.02 Å². The fraction of sp³-hybridized carbons (Fsp3) is 0.200. The highest BCUT2D eigenvalue weighted by Gasteiger charge is 2.31. The molecule has 0 saturated heterocycles. The van der Waals surface area contributed by atoms with E-state index in [-0.39, 0.29) is 16.5 Å². The number of benzene rings is 1. The maximum absolute atomic E-state index is 12.6. The third kappa shape index (κ3) is 5.47. The van der Waals surface area contributed by atoms with Crippen molar-refractivity contribution in [2.24, 2.45) is 0 Å². The lowest BCUT2D eigenvalue weighted by molar-refractivity contribution is -0.139. The third-order valence-electron chi connectivity index (χ3n) is 3.28. The van der Waals surface area contributed by atoms with Crippen LogP contribution < -0.4 is 15.0 Å². The van der Waals surface area contributed by atoms with Crippen LogP contribution in [0.3, 0.4) is 0 Å². The Morgan fingerprint density at radius 2 is 2.00 bits per heavy atom. The van der Waals surface area contributed by atoms with Gasteiger partial charge in [0.1, 0.15) is 5.75 Å². The van der Waals surface area contributed by atoms with Gasteiger partial charge in [0, 0.05) is 6.20 Å². The van der Waals surface area contributed by atoms with E-state index >= 15 is 0 Å². The average molecular weight is 440 g/mol. The molecular weight excluding hydrogens is 427 g/mol. The van der Waals surface area contributed by atoms with Crippen molar-refractivity contribution in [1.82, 2.24) is 9.82 Å². The van der Waals surface area contributed by atoms with Gasteiger partial charge in [-0.15, -0.1) is 4.83 Å². The topological polar surface area (TPSA) is 118 Å². The number of aromatic nitrogens is 1. The van der Waals surface area contributed by atoms with E-state index in [4.69, 9.17) is 21.4 Å². The number of halogens is 4. The van der Waals surface area contributed by atoms with Crippen LogP contribution in [0.15, 0.2) is 35.4 Å². The van der Waals surface area contributed by atoms with Crippen molar-refractivity contribution < 1.29 is 36.2 Å². The first-order valence-corrected chi connectivity index (χ1v) is 9.22. The molecule has 0 amide bonds.